The molecule has 1 fully saturated rings. The van der Waals surface area contributed by atoms with Crippen LogP contribution in [0.25, 0.3) is 0 Å². The summed E-state index contributed by atoms with van der Waals surface area (Å²) in [6.45, 7) is 1.86. The molecule has 0 unspecified atom stereocenters. The van der Waals surface area contributed by atoms with E-state index in [1.54, 1.807) is 4.90 Å². The molecule has 0 bridgehead atoms. The van der Waals surface area contributed by atoms with Crippen molar-refractivity contribution < 1.29 is 23.8 Å². The Labute approximate surface area is 136 Å². The Kier molecular flexibility index (Phi) is 6.87. The largest absolute Gasteiger partial charge is 0.469 e. The Bertz CT molecular complexity index is 497. The fraction of sp³-hybridized carbons (Fsp3) is 0.529. The minimum atomic E-state index is -0.290. The first-order chi connectivity index (χ1) is 11.2. The maximum atomic E-state index is 12.0. The van der Waals surface area contributed by atoms with Crippen molar-refractivity contribution in [1.29, 1.82) is 0 Å². The summed E-state index contributed by atoms with van der Waals surface area (Å²) in [5, 5.41) is 0. The monoisotopic (exact) mass is 321 g/mol. The number of carbonyl (C=O) groups excluding carboxylic acids is 2. The number of nitrogens with zero attached hydrogens (tertiary/aromatic N) is 1. The molecule has 0 spiro atoms. The molecule has 23 heavy (non-hydrogen) atoms. The van der Waals surface area contributed by atoms with E-state index in [0.29, 0.717) is 19.7 Å². The van der Waals surface area contributed by atoms with Crippen LogP contribution in [0.2, 0.25) is 0 Å². The van der Waals surface area contributed by atoms with Crippen molar-refractivity contribution in [3.8, 4) is 0 Å². The van der Waals surface area contributed by atoms with E-state index in [4.69, 9.17) is 9.47 Å². The van der Waals surface area contributed by atoms with Gasteiger partial charge in [-0.1, -0.05) is 30.3 Å². The first-order valence-electron chi connectivity index (χ1n) is 7.83. The van der Waals surface area contributed by atoms with Crippen LogP contribution in [0.1, 0.15) is 24.8 Å². The van der Waals surface area contributed by atoms with Gasteiger partial charge in [-0.05, 0) is 18.4 Å². The van der Waals surface area contributed by atoms with Crippen molar-refractivity contribution in [2.45, 2.75) is 32.0 Å². The van der Waals surface area contributed by atoms with Gasteiger partial charge in [0.25, 0.3) is 0 Å². The molecule has 1 aliphatic rings. The van der Waals surface area contributed by atoms with Crippen molar-refractivity contribution in [1.82, 2.24) is 4.90 Å². The van der Waals surface area contributed by atoms with E-state index in [2.05, 4.69) is 4.74 Å². The number of piperidine rings is 1. The molecule has 1 heterocycles. The Balaban J connectivity index is 1.63. The third-order valence-corrected chi connectivity index (χ3v) is 3.79. The van der Waals surface area contributed by atoms with Crippen LogP contribution < -0.4 is 0 Å². The smallest absolute Gasteiger partial charge is 0.410 e. The Morgan fingerprint density at radius 3 is 2.52 bits per heavy atom. The molecule has 0 atom stereocenters. The number of hydrogen-bond acceptors (Lipinski definition) is 5. The van der Waals surface area contributed by atoms with Gasteiger partial charge >= 0.3 is 12.1 Å². The first kappa shape index (κ1) is 17.3. The quantitative estimate of drug-likeness (QED) is 0.753. The summed E-state index contributed by atoms with van der Waals surface area (Å²) >= 11 is 0. The second-order valence-electron chi connectivity index (χ2n) is 5.42. The van der Waals surface area contributed by atoms with Crippen molar-refractivity contribution in [3.05, 3.63) is 35.9 Å². The normalized spacial score (nSPS) is 15.3. The number of esters is 1. The average molecular weight is 321 g/mol. The van der Waals surface area contributed by atoms with Crippen LogP contribution in [0.5, 0.6) is 0 Å². The summed E-state index contributed by atoms with van der Waals surface area (Å²) in [5.74, 6) is -0.271. The molecule has 1 aliphatic heterocycles. The number of hydrogen-bond donors (Lipinski definition) is 0. The number of amides is 1. The molecule has 1 amide bonds. The molecule has 6 heteroatoms. The number of ether oxygens (including phenoxy) is 3. The van der Waals surface area contributed by atoms with Gasteiger partial charge in [-0.15, -0.1) is 0 Å². The highest BCUT2D eigenvalue weighted by molar-refractivity contribution is 5.69. The number of likely N-dealkylation sites (tertiary alicyclic amines) is 1. The van der Waals surface area contributed by atoms with Crippen LogP contribution in [0, 0.1) is 0 Å². The van der Waals surface area contributed by atoms with E-state index in [1.165, 1.54) is 7.11 Å². The van der Waals surface area contributed by atoms with E-state index in [1.807, 2.05) is 30.3 Å². The fourth-order valence-electron chi connectivity index (χ4n) is 2.43. The van der Waals surface area contributed by atoms with Crippen LogP contribution in [-0.4, -0.2) is 49.9 Å². The first-order valence-corrected chi connectivity index (χ1v) is 7.83. The molecule has 0 N–H and O–H groups in total. The predicted molar refractivity (Wildman–Crippen MR) is 83.8 cm³/mol. The molecule has 1 aromatic carbocycles. The zero-order valence-corrected chi connectivity index (χ0v) is 13.4. The van der Waals surface area contributed by atoms with E-state index >= 15 is 0 Å². The minimum absolute atomic E-state index is 0.0813. The Morgan fingerprint density at radius 1 is 1.17 bits per heavy atom. The molecule has 1 aromatic rings. The van der Waals surface area contributed by atoms with Gasteiger partial charge in [0.05, 0.1) is 26.2 Å². The molecule has 6 nitrogen and oxygen atoms in total. The molecule has 2 rings (SSSR count). The van der Waals surface area contributed by atoms with E-state index in [-0.39, 0.29) is 31.2 Å². The van der Waals surface area contributed by atoms with Crippen molar-refractivity contribution in [3.63, 3.8) is 0 Å². The summed E-state index contributed by atoms with van der Waals surface area (Å²) in [4.78, 5) is 24.7. The highest BCUT2D eigenvalue weighted by Crippen LogP contribution is 2.15. The van der Waals surface area contributed by atoms with Gasteiger partial charge in [-0.2, -0.15) is 0 Å². The molecular formula is C17H23NO5. The number of benzene rings is 1. The SMILES string of the molecule is COC(=O)CCOC1CCN(C(=O)OCc2ccccc2)CC1. The summed E-state index contributed by atoms with van der Waals surface area (Å²) in [7, 11) is 1.36. The van der Waals surface area contributed by atoms with Crippen LogP contribution in [0.4, 0.5) is 4.79 Å². The lowest BCUT2D eigenvalue weighted by Crippen LogP contribution is -2.41. The summed E-state index contributed by atoms with van der Waals surface area (Å²) < 4.78 is 15.5. The van der Waals surface area contributed by atoms with E-state index in [0.717, 1.165) is 18.4 Å². The summed E-state index contributed by atoms with van der Waals surface area (Å²) in [6.07, 6.45) is 1.55. The molecule has 0 aromatic heterocycles. The topological polar surface area (TPSA) is 65.1 Å². The highest BCUT2D eigenvalue weighted by Gasteiger charge is 2.24. The molecule has 0 saturated carbocycles. The number of rotatable bonds is 6. The average Bonchev–Trinajstić information content (AvgIpc) is 2.61. The van der Waals surface area contributed by atoms with Crippen LogP contribution >= 0.6 is 0 Å². The molecular weight excluding hydrogens is 298 g/mol. The molecule has 0 radical (unpaired) electrons. The van der Waals surface area contributed by atoms with E-state index < -0.39 is 0 Å². The number of carbonyl (C=O) groups is 2. The van der Waals surface area contributed by atoms with Gasteiger partial charge in [0.15, 0.2) is 0 Å². The van der Waals surface area contributed by atoms with Crippen LogP contribution in [0.3, 0.4) is 0 Å². The zero-order valence-electron chi connectivity index (χ0n) is 13.4. The standard InChI is InChI=1S/C17H23NO5/c1-21-16(19)9-12-22-15-7-10-18(11-8-15)17(20)23-13-14-5-3-2-4-6-14/h2-6,15H,7-13H2,1H3. The lowest BCUT2D eigenvalue weighted by atomic mass is 10.1. The number of methoxy groups -OCH3 is 1. The fourth-order valence-corrected chi connectivity index (χ4v) is 2.43. The molecule has 126 valence electrons. The maximum Gasteiger partial charge on any atom is 0.410 e. The Hall–Kier alpha value is -2.08. The third-order valence-electron chi connectivity index (χ3n) is 3.79. The van der Waals surface area contributed by atoms with Gasteiger partial charge in [-0.25, -0.2) is 4.79 Å². The lowest BCUT2D eigenvalue weighted by Gasteiger charge is -2.31. The van der Waals surface area contributed by atoms with Crippen molar-refractivity contribution >= 4 is 12.1 Å². The predicted octanol–water partition coefficient (Wildman–Crippen LogP) is 2.37. The zero-order chi connectivity index (χ0) is 16.5. The van der Waals surface area contributed by atoms with Crippen LogP contribution in [-0.2, 0) is 25.6 Å². The second-order valence-corrected chi connectivity index (χ2v) is 5.42. The maximum absolute atomic E-state index is 12.0. The van der Waals surface area contributed by atoms with Crippen molar-refractivity contribution in [2.24, 2.45) is 0 Å². The summed E-state index contributed by atoms with van der Waals surface area (Å²) in [5.41, 5.74) is 0.974. The van der Waals surface area contributed by atoms with Gasteiger partial charge in [0, 0.05) is 13.1 Å². The van der Waals surface area contributed by atoms with Crippen molar-refractivity contribution in [2.75, 3.05) is 26.8 Å². The minimum Gasteiger partial charge on any atom is -0.469 e. The van der Waals surface area contributed by atoms with Gasteiger partial charge in [-0.3, -0.25) is 4.79 Å². The van der Waals surface area contributed by atoms with Gasteiger partial charge in [0.2, 0.25) is 0 Å². The van der Waals surface area contributed by atoms with Gasteiger partial charge < -0.3 is 19.1 Å². The highest BCUT2D eigenvalue weighted by atomic mass is 16.6. The van der Waals surface area contributed by atoms with Gasteiger partial charge in [0.1, 0.15) is 6.61 Å². The Morgan fingerprint density at radius 2 is 1.87 bits per heavy atom. The lowest BCUT2D eigenvalue weighted by molar-refractivity contribution is -0.142. The third kappa shape index (κ3) is 5.90. The summed E-state index contributed by atoms with van der Waals surface area (Å²) in [6, 6.07) is 9.61. The van der Waals surface area contributed by atoms with E-state index in [9.17, 15) is 9.59 Å². The molecule has 0 aliphatic carbocycles. The second kappa shape index (κ2) is 9.15. The van der Waals surface area contributed by atoms with Crippen LogP contribution in [0.15, 0.2) is 30.3 Å². The molecule has 1 saturated heterocycles.